The van der Waals surface area contributed by atoms with Crippen LogP contribution >= 0.6 is 0 Å². The van der Waals surface area contributed by atoms with Gasteiger partial charge in [-0.1, -0.05) is 18.2 Å². The molecule has 0 bridgehead atoms. The van der Waals surface area contributed by atoms with E-state index in [1.165, 1.54) is 24.5 Å². The Bertz CT molecular complexity index is 904. The van der Waals surface area contributed by atoms with E-state index >= 15 is 0 Å². The molecular formula is C14H16N2O5S2. The topological polar surface area (TPSA) is 94.5 Å². The molecule has 2 heterocycles. The summed E-state index contributed by atoms with van der Waals surface area (Å²) in [5, 5.41) is 0. The average molecular weight is 356 g/mol. The van der Waals surface area contributed by atoms with E-state index < -0.39 is 32.5 Å². The number of hydrogen-bond acceptors (Lipinski definition) is 5. The first kappa shape index (κ1) is 16.2. The number of aromatic nitrogens is 1. The number of rotatable bonds is 3. The summed E-state index contributed by atoms with van der Waals surface area (Å²) in [7, 11) is -7.51. The molecule has 0 saturated carbocycles. The van der Waals surface area contributed by atoms with Crippen molar-refractivity contribution in [1.29, 1.82) is 0 Å². The van der Waals surface area contributed by atoms with Crippen molar-refractivity contribution in [2.75, 3.05) is 0 Å². The van der Waals surface area contributed by atoms with E-state index in [0.717, 1.165) is 3.97 Å². The molecule has 0 amide bonds. The average Bonchev–Trinajstić information content (AvgIpc) is 2.96. The van der Waals surface area contributed by atoms with Gasteiger partial charge in [0.25, 0.3) is 10.0 Å². The van der Waals surface area contributed by atoms with Crippen LogP contribution in [0.3, 0.4) is 0 Å². The van der Waals surface area contributed by atoms with Crippen LogP contribution < -0.4 is 4.72 Å². The Balaban J connectivity index is 1.92. The molecule has 1 fully saturated rings. The van der Waals surface area contributed by atoms with Gasteiger partial charge in [-0.3, -0.25) is 4.18 Å². The highest BCUT2D eigenvalue weighted by Crippen LogP contribution is 2.27. The quantitative estimate of drug-likeness (QED) is 0.897. The van der Waals surface area contributed by atoms with Crippen LogP contribution in [0.15, 0.2) is 53.7 Å². The summed E-state index contributed by atoms with van der Waals surface area (Å²) in [4.78, 5) is 0.170. The van der Waals surface area contributed by atoms with Gasteiger partial charge in [0, 0.05) is 12.4 Å². The second kappa shape index (κ2) is 5.75. The van der Waals surface area contributed by atoms with Crippen molar-refractivity contribution in [3.05, 3.63) is 54.4 Å². The summed E-state index contributed by atoms with van der Waals surface area (Å²) >= 11 is 0. The van der Waals surface area contributed by atoms with Gasteiger partial charge in [-0.2, -0.15) is 13.1 Å². The van der Waals surface area contributed by atoms with Gasteiger partial charge >= 0.3 is 10.3 Å². The zero-order valence-electron chi connectivity index (χ0n) is 12.3. The molecule has 0 spiro atoms. The van der Waals surface area contributed by atoms with Gasteiger partial charge < -0.3 is 0 Å². The number of benzene rings is 1. The second-order valence-corrected chi connectivity index (χ2v) is 8.54. The molecule has 124 valence electrons. The maximum Gasteiger partial charge on any atom is 0.336 e. The van der Waals surface area contributed by atoms with Crippen molar-refractivity contribution in [2.24, 2.45) is 0 Å². The molecular weight excluding hydrogens is 340 g/mol. The maximum atomic E-state index is 12.5. The van der Waals surface area contributed by atoms with Gasteiger partial charge in [-0.15, -0.1) is 0 Å². The zero-order valence-corrected chi connectivity index (χ0v) is 13.9. The lowest BCUT2D eigenvalue weighted by atomic mass is 10.1. The standard InChI is InChI=1S/C14H16N2O5S2/c1-11-9-14(15-23(19,20)21-11)12-7-8-16(10-12)22(17,18)13-5-3-2-4-6-13/h2-8,10-11,14-15H,9H2,1H3. The number of hydrogen-bond donors (Lipinski definition) is 1. The molecule has 1 aliphatic rings. The summed E-state index contributed by atoms with van der Waals surface area (Å²) < 4.78 is 56.5. The fourth-order valence-corrected chi connectivity index (χ4v) is 4.88. The number of nitrogens with zero attached hydrogens (tertiary/aromatic N) is 1. The van der Waals surface area contributed by atoms with Crippen LogP contribution in [0.2, 0.25) is 0 Å². The Morgan fingerprint density at radius 1 is 1.22 bits per heavy atom. The van der Waals surface area contributed by atoms with Crippen LogP contribution in [0, 0.1) is 0 Å². The Kier molecular flexibility index (Phi) is 4.05. The zero-order chi connectivity index (χ0) is 16.7. The summed E-state index contributed by atoms with van der Waals surface area (Å²) in [5.74, 6) is 0. The minimum Gasteiger partial charge on any atom is -0.255 e. The van der Waals surface area contributed by atoms with E-state index in [1.54, 1.807) is 31.2 Å². The SMILES string of the molecule is CC1CC(c2ccn(S(=O)(=O)c3ccccc3)c2)NS(=O)(=O)O1. The Hall–Kier alpha value is -1.68. The van der Waals surface area contributed by atoms with Crippen LogP contribution in [-0.2, 0) is 24.5 Å². The van der Waals surface area contributed by atoms with Gasteiger partial charge in [0.05, 0.1) is 17.0 Å². The molecule has 9 heteroatoms. The Morgan fingerprint density at radius 3 is 2.57 bits per heavy atom. The fourth-order valence-electron chi connectivity index (χ4n) is 2.50. The summed E-state index contributed by atoms with van der Waals surface area (Å²) in [6, 6.07) is 9.11. The van der Waals surface area contributed by atoms with E-state index in [4.69, 9.17) is 4.18 Å². The van der Waals surface area contributed by atoms with E-state index in [1.807, 2.05) is 0 Å². The Morgan fingerprint density at radius 2 is 1.91 bits per heavy atom. The molecule has 23 heavy (non-hydrogen) atoms. The van der Waals surface area contributed by atoms with Crippen molar-refractivity contribution < 1.29 is 21.0 Å². The van der Waals surface area contributed by atoms with Crippen molar-refractivity contribution in [2.45, 2.75) is 30.4 Å². The minimum absolute atomic E-state index is 0.170. The van der Waals surface area contributed by atoms with Gasteiger partial charge in [-0.25, -0.2) is 12.4 Å². The molecule has 2 unspecified atom stereocenters. The smallest absolute Gasteiger partial charge is 0.255 e. The molecule has 0 radical (unpaired) electrons. The largest absolute Gasteiger partial charge is 0.336 e. The second-order valence-electron chi connectivity index (χ2n) is 5.36. The lowest BCUT2D eigenvalue weighted by Gasteiger charge is -2.27. The summed E-state index contributed by atoms with van der Waals surface area (Å²) in [5.41, 5.74) is 0.572. The highest BCUT2D eigenvalue weighted by Gasteiger charge is 2.31. The van der Waals surface area contributed by atoms with E-state index in [0.29, 0.717) is 12.0 Å². The molecule has 1 aromatic heterocycles. The molecule has 1 aliphatic heterocycles. The third-order valence-electron chi connectivity index (χ3n) is 3.56. The molecule has 7 nitrogen and oxygen atoms in total. The van der Waals surface area contributed by atoms with E-state index in [-0.39, 0.29) is 4.90 Å². The fraction of sp³-hybridized carbons (Fsp3) is 0.286. The lowest BCUT2D eigenvalue weighted by Crippen LogP contribution is -2.39. The third kappa shape index (κ3) is 3.32. The monoisotopic (exact) mass is 356 g/mol. The van der Waals surface area contributed by atoms with Crippen molar-refractivity contribution in [3.8, 4) is 0 Å². The summed E-state index contributed by atoms with van der Waals surface area (Å²) in [6.45, 7) is 1.66. The molecule has 1 aromatic carbocycles. The van der Waals surface area contributed by atoms with Gasteiger partial charge in [-0.05, 0) is 37.1 Å². The molecule has 1 N–H and O–H groups in total. The minimum atomic E-state index is -3.82. The number of nitrogens with one attached hydrogen (secondary N) is 1. The van der Waals surface area contributed by atoms with Gasteiger partial charge in [0.1, 0.15) is 0 Å². The van der Waals surface area contributed by atoms with Gasteiger partial charge in [0.2, 0.25) is 0 Å². The van der Waals surface area contributed by atoms with E-state index in [2.05, 4.69) is 4.72 Å². The third-order valence-corrected chi connectivity index (χ3v) is 6.36. The summed E-state index contributed by atoms with van der Waals surface area (Å²) in [6.07, 6.45) is 2.79. The molecule has 2 aromatic rings. The van der Waals surface area contributed by atoms with Crippen LogP contribution in [-0.4, -0.2) is 26.9 Å². The lowest BCUT2D eigenvalue weighted by molar-refractivity contribution is 0.174. The van der Waals surface area contributed by atoms with Gasteiger partial charge in [0.15, 0.2) is 0 Å². The van der Waals surface area contributed by atoms with Crippen LogP contribution in [0.1, 0.15) is 24.9 Å². The first-order valence-corrected chi connectivity index (χ1v) is 9.82. The predicted molar refractivity (Wildman–Crippen MR) is 83.4 cm³/mol. The highest BCUT2D eigenvalue weighted by molar-refractivity contribution is 7.90. The van der Waals surface area contributed by atoms with Crippen LogP contribution in [0.4, 0.5) is 0 Å². The molecule has 3 rings (SSSR count). The molecule has 0 aliphatic carbocycles. The molecule has 2 atom stereocenters. The Labute approximate surface area is 135 Å². The van der Waals surface area contributed by atoms with Crippen molar-refractivity contribution in [3.63, 3.8) is 0 Å². The predicted octanol–water partition coefficient (Wildman–Crippen LogP) is 1.41. The van der Waals surface area contributed by atoms with Crippen LogP contribution in [0.25, 0.3) is 0 Å². The maximum absolute atomic E-state index is 12.5. The van der Waals surface area contributed by atoms with Crippen molar-refractivity contribution in [1.82, 2.24) is 8.69 Å². The highest BCUT2D eigenvalue weighted by atomic mass is 32.2. The first-order chi connectivity index (χ1) is 10.8. The van der Waals surface area contributed by atoms with E-state index in [9.17, 15) is 16.8 Å². The first-order valence-electron chi connectivity index (χ1n) is 6.97. The molecule has 1 saturated heterocycles. The van der Waals surface area contributed by atoms with Crippen molar-refractivity contribution >= 4 is 20.3 Å². The van der Waals surface area contributed by atoms with Crippen LogP contribution in [0.5, 0.6) is 0 Å². The normalized spacial score (nSPS) is 24.4.